The van der Waals surface area contributed by atoms with Crippen molar-refractivity contribution in [3.8, 4) is 0 Å². The minimum absolute atomic E-state index is 0.0780. The van der Waals surface area contributed by atoms with Crippen LogP contribution in [0.2, 0.25) is 19.6 Å². The highest BCUT2D eigenvalue weighted by atomic mass is 28.4. The first-order chi connectivity index (χ1) is 7.29. The summed E-state index contributed by atoms with van der Waals surface area (Å²) in [5.74, 6) is 0.209. The van der Waals surface area contributed by atoms with E-state index in [9.17, 15) is 9.59 Å². The summed E-state index contributed by atoms with van der Waals surface area (Å²) in [5, 5.41) is 0. The molecule has 1 aliphatic rings. The Morgan fingerprint density at radius 2 is 2.12 bits per heavy atom. The Kier molecular flexibility index (Phi) is 3.91. The predicted octanol–water partition coefficient (Wildman–Crippen LogP) is 1.89. The molecular weight excluding hydrogens is 222 g/mol. The van der Waals surface area contributed by atoms with Crippen LogP contribution < -0.4 is 0 Å². The van der Waals surface area contributed by atoms with Crippen molar-refractivity contribution >= 4 is 20.1 Å². The van der Waals surface area contributed by atoms with Gasteiger partial charge in [0, 0.05) is 13.0 Å². The largest absolute Gasteiger partial charge is 0.547 e. The Bertz CT molecular complexity index is 320. The fraction of sp³-hybridized carbons (Fsp3) is 0.636. The molecule has 2 amide bonds. The Morgan fingerprint density at radius 3 is 2.56 bits per heavy atom. The molecule has 0 aromatic carbocycles. The first kappa shape index (κ1) is 13.0. The predicted molar refractivity (Wildman–Crippen MR) is 64.1 cm³/mol. The van der Waals surface area contributed by atoms with Gasteiger partial charge >= 0.3 is 0 Å². The van der Waals surface area contributed by atoms with Crippen LogP contribution in [0.5, 0.6) is 0 Å². The zero-order valence-corrected chi connectivity index (χ0v) is 11.2. The summed E-state index contributed by atoms with van der Waals surface area (Å²) >= 11 is 0. The number of hydrogen-bond acceptors (Lipinski definition) is 3. The van der Waals surface area contributed by atoms with E-state index in [2.05, 4.69) is 6.58 Å². The third kappa shape index (κ3) is 3.81. The third-order valence-corrected chi connectivity index (χ3v) is 3.07. The van der Waals surface area contributed by atoms with Gasteiger partial charge in [0.25, 0.3) is 0 Å². The standard InChI is InChI=1S/C11H19NO3Si/c1-9(15-16(2,3)4)8-11(14)12-7-5-6-10(12)13/h1,5-8H2,2-4H3. The van der Waals surface area contributed by atoms with Gasteiger partial charge in [-0.05, 0) is 26.1 Å². The van der Waals surface area contributed by atoms with Crippen LogP contribution >= 0.6 is 0 Å². The van der Waals surface area contributed by atoms with Crippen molar-refractivity contribution in [2.75, 3.05) is 6.54 Å². The second-order valence-electron chi connectivity index (χ2n) is 4.97. The second kappa shape index (κ2) is 4.82. The van der Waals surface area contributed by atoms with E-state index in [4.69, 9.17) is 4.43 Å². The summed E-state index contributed by atoms with van der Waals surface area (Å²) in [7, 11) is -1.70. The van der Waals surface area contributed by atoms with Gasteiger partial charge in [-0.1, -0.05) is 6.58 Å². The number of imide groups is 1. The molecule has 0 aromatic rings. The fourth-order valence-electron chi connectivity index (χ4n) is 1.65. The Hall–Kier alpha value is -1.10. The minimum Gasteiger partial charge on any atom is -0.547 e. The maximum atomic E-state index is 11.7. The summed E-state index contributed by atoms with van der Waals surface area (Å²) in [6.45, 7) is 10.4. The molecular formula is C11H19NO3Si. The first-order valence-electron chi connectivity index (χ1n) is 5.49. The summed E-state index contributed by atoms with van der Waals surface area (Å²) in [6, 6.07) is 0. The van der Waals surface area contributed by atoms with Gasteiger partial charge in [0.15, 0.2) is 0 Å². The fourth-order valence-corrected chi connectivity index (χ4v) is 2.58. The lowest BCUT2D eigenvalue weighted by Gasteiger charge is -2.22. The SMILES string of the molecule is C=C(CC(=O)N1CCCC1=O)O[Si](C)(C)C. The lowest BCUT2D eigenvalue weighted by molar-refractivity contribution is -0.141. The molecule has 16 heavy (non-hydrogen) atoms. The maximum absolute atomic E-state index is 11.7. The smallest absolute Gasteiger partial charge is 0.241 e. The van der Waals surface area contributed by atoms with Crippen LogP contribution in [0.4, 0.5) is 0 Å². The van der Waals surface area contributed by atoms with Gasteiger partial charge in [-0.3, -0.25) is 14.5 Å². The zero-order valence-electron chi connectivity index (χ0n) is 10.2. The van der Waals surface area contributed by atoms with Crippen molar-refractivity contribution in [1.82, 2.24) is 4.90 Å². The van der Waals surface area contributed by atoms with E-state index in [1.54, 1.807) is 0 Å². The van der Waals surface area contributed by atoms with Gasteiger partial charge in [0.1, 0.15) is 0 Å². The maximum Gasteiger partial charge on any atom is 0.241 e. The number of nitrogens with zero attached hydrogens (tertiary/aromatic N) is 1. The molecule has 0 spiro atoms. The van der Waals surface area contributed by atoms with Crippen LogP contribution in [0, 0.1) is 0 Å². The zero-order chi connectivity index (χ0) is 12.3. The molecule has 0 atom stereocenters. The van der Waals surface area contributed by atoms with E-state index in [-0.39, 0.29) is 18.2 Å². The average molecular weight is 241 g/mol. The topological polar surface area (TPSA) is 46.6 Å². The van der Waals surface area contributed by atoms with Crippen molar-refractivity contribution in [3.63, 3.8) is 0 Å². The molecule has 1 heterocycles. The second-order valence-corrected chi connectivity index (χ2v) is 9.40. The summed E-state index contributed by atoms with van der Waals surface area (Å²) in [6.07, 6.45) is 1.37. The number of carbonyl (C=O) groups excluding carboxylic acids is 2. The highest BCUT2D eigenvalue weighted by Crippen LogP contribution is 2.16. The van der Waals surface area contributed by atoms with E-state index in [1.165, 1.54) is 4.90 Å². The van der Waals surface area contributed by atoms with Crippen molar-refractivity contribution < 1.29 is 14.0 Å². The van der Waals surface area contributed by atoms with Crippen LogP contribution in [0.1, 0.15) is 19.3 Å². The van der Waals surface area contributed by atoms with E-state index in [0.29, 0.717) is 18.7 Å². The molecule has 0 N–H and O–H groups in total. The first-order valence-corrected chi connectivity index (χ1v) is 8.90. The lowest BCUT2D eigenvalue weighted by atomic mass is 10.3. The quantitative estimate of drug-likeness (QED) is 0.558. The van der Waals surface area contributed by atoms with Gasteiger partial charge in [-0.15, -0.1) is 0 Å². The van der Waals surface area contributed by atoms with Crippen LogP contribution in [-0.4, -0.2) is 31.6 Å². The van der Waals surface area contributed by atoms with Crippen molar-refractivity contribution in [3.05, 3.63) is 12.3 Å². The molecule has 5 heteroatoms. The van der Waals surface area contributed by atoms with Gasteiger partial charge in [-0.2, -0.15) is 0 Å². The molecule has 1 fully saturated rings. The molecule has 0 unspecified atom stereocenters. The lowest BCUT2D eigenvalue weighted by Crippen LogP contribution is -2.33. The highest BCUT2D eigenvalue weighted by Gasteiger charge is 2.27. The minimum atomic E-state index is -1.70. The molecule has 1 saturated heterocycles. The molecule has 90 valence electrons. The Labute approximate surface area is 97.4 Å². The van der Waals surface area contributed by atoms with Gasteiger partial charge < -0.3 is 4.43 Å². The molecule has 1 rings (SSSR count). The van der Waals surface area contributed by atoms with Crippen molar-refractivity contribution in [1.29, 1.82) is 0 Å². The Balaban J connectivity index is 2.45. The van der Waals surface area contributed by atoms with E-state index in [0.717, 1.165) is 6.42 Å². The van der Waals surface area contributed by atoms with E-state index < -0.39 is 8.32 Å². The van der Waals surface area contributed by atoms with Crippen molar-refractivity contribution in [2.24, 2.45) is 0 Å². The van der Waals surface area contributed by atoms with Crippen LogP contribution in [0.3, 0.4) is 0 Å². The number of likely N-dealkylation sites (tertiary alicyclic amines) is 1. The van der Waals surface area contributed by atoms with Crippen LogP contribution in [0.15, 0.2) is 12.3 Å². The summed E-state index contributed by atoms with van der Waals surface area (Å²) in [4.78, 5) is 24.4. The van der Waals surface area contributed by atoms with E-state index >= 15 is 0 Å². The summed E-state index contributed by atoms with van der Waals surface area (Å²) in [5.41, 5.74) is 0. The monoisotopic (exact) mass is 241 g/mol. The highest BCUT2D eigenvalue weighted by molar-refractivity contribution is 6.70. The normalized spacial score (nSPS) is 16.4. The molecule has 0 bridgehead atoms. The molecule has 0 aliphatic carbocycles. The van der Waals surface area contributed by atoms with Crippen molar-refractivity contribution in [2.45, 2.75) is 38.9 Å². The number of carbonyl (C=O) groups is 2. The summed E-state index contributed by atoms with van der Waals surface area (Å²) < 4.78 is 5.59. The van der Waals surface area contributed by atoms with E-state index in [1.807, 2.05) is 19.6 Å². The Morgan fingerprint density at radius 1 is 1.50 bits per heavy atom. The van der Waals surface area contributed by atoms with Gasteiger partial charge in [-0.25, -0.2) is 0 Å². The molecule has 0 radical (unpaired) electrons. The number of rotatable bonds is 4. The molecule has 0 saturated carbocycles. The molecule has 1 aliphatic heterocycles. The van der Waals surface area contributed by atoms with Crippen LogP contribution in [0.25, 0.3) is 0 Å². The van der Waals surface area contributed by atoms with Gasteiger partial charge in [0.05, 0.1) is 12.2 Å². The molecule has 4 nitrogen and oxygen atoms in total. The number of amides is 2. The number of hydrogen-bond donors (Lipinski definition) is 0. The molecule has 0 aromatic heterocycles. The third-order valence-electron chi connectivity index (χ3n) is 2.17. The van der Waals surface area contributed by atoms with Crippen LogP contribution in [-0.2, 0) is 14.0 Å². The average Bonchev–Trinajstić information content (AvgIpc) is 2.47. The van der Waals surface area contributed by atoms with Gasteiger partial charge in [0.2, 0.25) is 20.1 Å².